The van der Waals surface area contributed by atoms with Crippen molar-refractivity contribution in [2.24, 2.45) is 17.8 Å². The first kappa shape index (κ1) is 15.1. The molecule has 2 fully saturated rings. The van der Waals surface area contributed by atoms with Gasteiger partial charge < -0.3 is 15.7 Å². The summed E-state index contributed by atoms with van der Waals surface area (Å²) in [5.41, 5.74) is -0.164. The molecule has 0 aliphatic heterocycles. The van der Waals surface area contributed by atoms with Crippen LogP contribution >= 0.6 is 0 Å². The van der Waals surface area contributed by atoms with Gasteiger partial charge >= 0.3 is 12.0 Å². The van der Waals surface area contributed by atoms with Gasteiger partial charge in [0.1, 0.15) is 0 Å². The van der Waals surface area contributed by atoms with E-state index in [2.05, 4.69) is 10.6 Å². The third kappa shape index (κ3) is 3.87. The van der Waals surface area contributed by atoms with Gasteiger partial charge in [-0.2, -0.15) is 0 Å². The topological polar surface area (TPSA) is 78.4 Å². The highest BCUT2D eigenvalue weighted by Crippen LogP contribution is 2.39. The van der Waals surface area contributed by atoms with Crippen molar-refractivity contribution < 1.29 is 14.7 Å². The van der Waals surface area contributed by atoms with Crippen LogP contribution < -0.4 is 10.6 Å². The molecule has 2 saturated carbocycles. The molecule has 5 nitrogen and oxygen atoms in total. The van der Waals surface area contributed by atoms with Crippen LogP contribution in [0.5, 0.6) is 0 Å². The predicted octanol–water partition coefficient (Wildman–Crippen LogP) is 2.37. The highest BCUT2D eigenvalue weighted by molar-refractivity contribution is 5.75. The zero-order valence-corrected chi connectivity index (χ0v) is 12.4. The highest BCUT2D eigenvalue weighted by Gasteiger charge is 2.39. The Kier molecular flexibility index (Phi) is 4.55. The van der Waals surface area contributed by atoms with Crippen LogP contribution in [0.3, 0.4) is 0 Å². The summed E-state index contributed by atoms with van der Waals surface area (Å²) in [6.45, 7) is 4.55. The largest absolute Gasteiger partial charge is 0.481 e. The average molecular weight is 282 g/mol. The fourth-order valence-electron chi connectivity index (χ4n) is 3.24. The Morgan fingerprint density at radius 2 is 1.80 bits per heavy atom. The third-order valence-electron chi connectivity index (χ3n) is 4.78. The predicted molar refractivity (Wildman–Crippen MR) is 76.4 cm³/mol. The zero-order chi connectivity index (χ0) is 14.8. The van der Waals surface area contributed by atoms with E-state index in [9.17, 15) is 14.7 Å². The van der Waals surface area contributed by atoms with E-state index >= 15 is 0 Å². The summed E-state index contributed by atoms with van der Waals surface area (Å²) in [6, 6.07) is -0.170. The monoisotopic (exact) mass is 282 g/mol. The number of nitrogens with one attached hydrogen (secondary N) is 2. The fraction of sp³-hybridized carbons (Fsp3) is 0.867. The lowest BCUT2D eigenvalue weighted by Crippen LogP contribution is -2.51. The van der Waals surface area contributed by atoms with Gasteiger partial charge in [-0.3, -0.25) is 4.79 Å². The second kappa shape index (κ2) is 6.02. The quantitative estimate of drug-likeness (QED) is 0.724. The lowest BCUT2D eigenvalue weighted by atomic mass is 9.79. The number of carbonyl (C=O) groups excluding carboxylic acids is 1. The van der Waals surface area contributed by atoms with E-state index < -0.39 is 5.97 Å². The van der Waals surface area contributed by atoms with Crippen LogP contribution in [0.15, 0.2) is 0 Å². The van der Waals surface area contributed by atoms with E-state index in [0.717, 1.165) is 25.7 Å². The summed E-state index contributed by atoms with van der Waals surface area (Å²) in [6.07, 6.45) is 6.02. The number of aliphatic carboxylic acids is 1. The Bertz CT molecular complexity index is 377. The number of rotatable bonds is 5. The number of amides is 2. The summed E-state index contributed by atoms with van der Waals surface area (Å²) in [7, 11) is 0. The Morgan fingerprint density at radius 3 is 2.40 bits per heavy atom. The maximum atomic E-state index is 11.9. The van der Waals surface area contributed by atoms with Gasteiger partial charge in [0, 0.05) is 12.1 Å². The molecule has 2 rings (SSSR count). The van der Waals surface area contributed by atoms with E-state index in [1.54, 1.807) is 0 Å². The molecule has 0 radical (unpaired) electrons. The second-order valence-corrected chi connectivity index (χ2v) is 6.82. The second-order valence-electron chi connectivity index (χ2n) is 6.82. The maximum Gasteiger partial charge on any atom is 0.315 e. The third-order valence-corrected chi connectivity index (χ3v) is 4.78. The summed E-state index contributed by atoms with van der Waals surface area (Å²) < 4.78 is 0. The molecule has 0 aromatic rings. The zero-order valence-electron chi connectivity index (χ0n) is 12.4. The smallest absolute Gasteiger partial charge is 0.315 e. The molecule has 0 aromatic carbocycles. The fourth-order valence-corrected chi connectivity index (χ4v) is 3.24. The number of carboxylic acid groups (broad SMARTS) is 1. The van der Waals surface area contributed by atoms with Gasteiger partial charge in [0.05, 0.1) is 5.92 Å². The molecule has 2 aliphatic rings. The van der Waals surface area contributed by atoms with Crippen molar-refractivity contribution in [1.82, 2.24) is 10.6 Å². The molecule has 5 heteroatoms. The summed E-state index contributed by atoms with van der Waals surface area (Å²) in [5, 5.41) is 15.1. The van der Waals surface area contributed by atoms with Gasteiger partial charge in [0.25, 0.3) is 0 Å². The van der Waals surface area contributed by atoms with Crippen LogP contribution in [0.4, 0.5) is 4.79 Å². The van der Waals surface area contributed by atoms with Crippen LogP contribution in [-0.2, 0) is 4.79 Å². The normalized spacial score (nSPS) is 26.9. The molecule has 0 bridgehead atoms. The van der Waals surface area contributed by atoms with E-state index in [1.807, 2.05) is 13.8 Å². The van der Waals surface area contributed by atoms with Crippen LogP contribution in [-0.4, -0.2) is 29.2 Å². The van der Waals surface area contributed by atoms with Crippen LogP contribution in [0.2, 0.25) is 0 Å². The molecule has 114 valence electrons. The SMILES string of the molecule is CC(C)(NC(=O)NCC1CCCCC1C(=O)O)C1CC1. The molecular weight excluding hydrogens is 256 g/mol. The van der Waals surface area contributed by atoms with E-state index in [-0.39, 0.29) is 23.4 Å². The first-order valence-electron chi connectivity index (χ1n) is 7.69. The number of urea groups is 1. The molecule has 2 atom stereocenters. The molecule has 0 aromatic heterocycles. The van der Waals surface area contributed by atoms with Gasteiger partial charge in [-0.15, -0.1) is 0 Å². The van der Waals surface area contributed by atoms with Crippen molar-refractivity contribution >= 4 is 12.0 Å². The number of hydrogen-bond acceptors (Lipinski definition) is 2. The van der Waals surface area contributed by atoms with Crippen LogP contribution in [0, 0.1) is 17.8 Å². The van der Waals surface area contributed by atoms with Crippen molar-refractivity contribution in [2.75, 3.05) is 6.54 Å². The van der Waals surface area contributed by atoms with Crippen molar-refractivity contribution in [1.29, 1.82) is 0 Å². The highest BCUT2D eigenvalue weighted by atomic mass is 16.4. The molecule has 20 heavy (non-hydrogen) atoms. The Hall–Kier alpha value is -1.26. The van der Waals surface area contributed by atoms with Gasteiger partial charge in [0.2, 0.25) is 0 Å². The molecule has 3 N–H and O–H groups in total. The Morgan fingerprint density at radius 1 is 1.15 bits per heavy atom. The average Bonchev–Trinajstić information content (AvgIpc) is 3.20. The molecule has 0 saturated heterocycles. The number of carbonyl (C=O) groups is 2. The first-order chi connectivity index (χ1) is 9.40. The maximum absolute atomic E-state index is 11.9. The summed E-state index contributed by atoms with van der Waals surface area (Å²) >= 11 is 0. The van der Waals surface area contributed by atoms with Crippen LogP contribution in [0.1, 0.15) is 52.4 Å². The Labute approximate surface area is 120 Å². The van der Waals surface area contributed by atoms with Crippen molar-refractivity contribution in [3.05, 3.63) is 0 Å². The molecule has 2 aliphatic carbocycles. The van der Waals surface area contributed by atoms with Gasteiger partial charge in [0.15, 0.2) is 0 Å². The van der Waals surface area contributed by atoms with Crippen LogP contribution in [0.25, 0.3) is 0 Å². The van der Waals surface area contributed by atoms with Gasteiger partial charge in [-0.05, 0) is 51.4 Å². The van der Waals surface area contributed by atoms with E-state index in [4.69, 9.17) is 0 Å². The minimum absolute atomic E-state index is 0.0658. The van der Waals surface area contributed by atoms with Gasteiger partial charge in [-0.25, -0.2) is 4.79 Å². The Balaban J connectivity index is 1.78. The first-order valence-corrected chi connectivity index (χ1v) is 7.69. The summed E-state index contributed by atoms with van der Waals surface area (Å²) in [4.78, 5) is 23.1. The molecular formula is C15H26N2O3. The minimum Gasteiger partial charge on any atom is -0.481 e. The van der Waals surface area contributed by atoms with Crippen molar-refractivity contribution in [3.63, 3.8) is 0 Å². The lowest BCUT2D eigenvalue weighted by Gasteiger charge is -2.30. The summed E-state index contributed by atoms with van der Waals surface area (Å²) in [5.74, 6) is -0.388. The van der Waals surface area contributed by atoms with E-state index in [0.29, 0.717) is 12.5 Å². The molecule has 2 amide bonds. The molecule has 0 spiro atoms. The van der Waals surface area contributed by atoms with Crippen molar-refractivity contribution in [2.45, 2.75) is 57.9 Å². The minimum atomic E-state index is -0.727. The number of carboxylic acids is 1. The van der Waals surface area contributed by atoms with Gasteiger partial charge in [-0.1, -0.05) is 12.8 Å². The molecule has 0 heterocycles. The van der Waals surface area contributed by atoms with Crippen molar-refractivity contribution in [3.8, 4) is 0 Å². The number of hydrogen-bond donors (Lipinski definition) is 3. The lowest BCUT2D eigenvalue weighted by molar-refractivity contribution is -0.144. The molecule has 2 unspecified atom stereocenters. The standard InChI is InChI=1S/C15H26N2O3/c1-15(2,11-7-8-11)17-14(20)16-9-10-5-3-4-6-12(10)13(18)19/h10-12H,3-9H2,1-2H3,(H,18,19)(H2,16,17,20). The van der Waals surface area contributed by atoms with E-state index in [1.165, 1.54) is 12.8 Å².